The quantitative estimate of drug-likeness (QED) is 0.369. The zero-order valence-corrected chi connectivity index (χ0v) is 24.1. The molecule has 2 saturated heterocycles. The number of piperidine rings is 1. The molecule has 3 aliphatic rings. The molecule has 0 spiro atoms. The molecule has 0 saturated carbocycles. The van der Waals surface area contributed by atoms with Crippen LogP contribution in [-0.2, 0) is 6.42 Å². The number of benzene rings is 3. The van der Waals surface area contributed by atoms with Crippen molar-refractivity contribution in [3.8, 4) is 11.5 Å². The maximum atomic E-state index is 13.0. The second-order valence-electron chi connectivity index (χ2n) is 11.4. The fourth-order valence-corrected chi connectivity index (χ4v) is 6.75. The van der Waals surface area contributed by atoms with E-state index in [9.17, 15) is 4.79 Å². The van der Waals surface area contributed by atoms with E-state index in [2.05, 4.69) is 60.0 Å². The van der Waals surface area contributed by atoms with Crippen LogP contribution in [0.2, 0.25) is 5.02 Å². The van der Waals surface area contributed by atoms with Gasteiger partial charge in [-0.05, 0) is 74.1 Å². The van der Waals surface area contributed by atoms with Gasteiger partial charge in [0.2, 0.25) is 6.79 Å². The molecule has 0 aliphatic carbocycles. The highest BCUT2D eigenvalue weighted by atomic mass is 35.5. The standard InChI is InChI=1S/C33H38ClN3O3/c1-23-21-36(28-13-15-35(16-14-28)33(38)29-5-3-4-6-30(29)34)17-18-37(23)24(2)27-10-7-25(8-11-27)19-26-9-12-31-32(20-26)40-22-39-31/h3-12,20,23-24,28H,13-19,21-22H2,1-2H3/t23-,24+/m1/s1. The summed E-state index contributed by atoms with van der Waals surface area (Å²) in [6, 6.07) is 24.0. The Hall–Kier alpha value is -3.06. The average molecular weight is 560 g/mol. The van der Waals surface area contributed by atoms with Gasteiger partial charge in [0.15, 0.2) is 11.5 Å². The van der Waals surface area contributed by atoms with E-state index in [1.165, 1.54) is 16.7 Å². The topological polar surface area (TPSA) is 45.2 Å². The SMILES string of the molecule is C[C@@H]1CN(C2CCN(C(=O)c3ccccc3Cl)CC2)CCN1[C@@H](C)c1ccc(Cc2ccc3c(c2)OCO3)cc1. The van der Waals surface area contributed by atoms with Crippen LogP contribution in [0.15, 0.2) is 66.7 Å². The summed E-state index contributed by atoms with van der Waals surface area (Å²) >= 11 is 6.28. The van der Waals surface area contributed by atoms with Crippen molar-refractivity contribution in [2.45, 2.75) is 51.2 Å². The Balaban J connectivity index is 1.00. The number of hydrogen-bond acceptors (Lipinski definition) is 5. The van der Waals surface area contributed by atoms with E-state index in [1.54, 1.807) is 6.07 Å². The van der Waals surface area contributed by atoms with Gasteiger partial charge in [0.05, 0.1) is 10.6 Å². The summed E-state index contributed by atoms with van der Waals surface area (Å²) in [5.74, 6) is 1.72. The number of rotatable bonds is 6. The minimum Gasteiger partial charge on any atom is -0.454 e. The summed E-state index contributed by atoms with van der Waals surface area (Å²) in [6.45, 7) is 9.76. The van der Waals surface area contributed by atoms with Gasteiger partial charge >= 0.3 is 0 Å². The van der Waals surface area contributed by atoms with Gasteiger partial charge in [-0.3, -0.25) is 14.6 Å². The van der Waals surface area contributed by atoms with E-state index in [-0.39, 0.29) is 5.91 Å². The normalized spacial score (nSPS) is 21.0. The van der Waals surface area contributed by atoms with Crippen molar-refractivity contribution >= 4 is 17.5 Å². The molecule has 3 aliphatic heterocycles. The number of halogens is 1. The van der Waals surface area contributed by atoms with Gasteiger partial charge in [-0.15, -0.1) is 0 Å². The molecule has 6 nitrogen and oxygen atoms in total. The van der Waals surface area contributed by atoms with Crippen molar-refractivity contribution in [1.82, 2.24) is 14.7 Å². The maximum Gasteiger partial charge on any atom is 0.255 e. The van der Waals surface area contributed by atoms with Crippen LogP contribution in [0.4, 0.5) is 0 Å². The summed E-state index contributed by atoms with van der Waals surface area (Å²) in [5.41, 5.74) is 4.50. The first kappa shape index (κ1) is 27.1. The fraction of sp³-hybridized carbons (Fsp3) is 0.424. The Morgan fingerprint density at radius 2 is 1.65 bits per heavy atom. The van der Waals surface area contributed by atoms with Gasteiger partial charge in [-0.1, -0.05) is 54.1 Å². The van der Waals surface area contributed by atoms with Gasteiger partial charge in [0, 0.05) is 50.8 Å². The lowest BCUT2D eigenvalue weighted by molar-refractivity contribution is 0.0135. The average Bonchev–Trinajstić information content (AvgIpc) is 3.45. The molecular weight excluding hydrogens is 522 g/mol. The lowest BCUT2D eigenvalue weighted by Gasteiger charge is -2.47. The highest BCUT2D eigenvalue weighted by molar-refractivity contribution is 6.33. The number of likely N-dealkylation sites (tertiary alicyclic amines) is 1. The smallest absolute Gasteiger partial charge is 0.255 e. The largest absolute Gasteiger partial charge is 0.454 e. The van der Waals surface area contributed by atoms with Crippen molar-refractivity contribution < 1.29 is 14.3 Å². The number of carbonyl (C=O) groups excluding carboxylic acids is 1. The second kappa shape index (κ2) is 11.8. The lowest BCUT2D eigenvalue weighted by atomic mass is 9.97. The summed E-state index contributed by atoms with van der Waals surface area (Å²) < 4.78 is 11.0. The van der Waals surface area contributed by atoms with E-state index in [0.29, 0.717) is 35.5 Å². The molecule has 40 heavy (non-hydrogen) atoms. The molecule has 2 atom stereocenters. The van der Waals surface area contributed by atoms with Crippen molar-refractivity contribution in [1.29, 1.82) is 0 Å². The molecule has 0 radical (unpaired) electrons. The van der Waals surface area contributed by atoms with Crippen LogP contribution < -0.4 is 9.47 Å². The van der Waals surface area contributed by atoms with Crippen molar-refractivity contribution in [3.05, 3.63) is 94.0 Å². The summed E-state index contributed by atoms with van der Waals surface area (Å²) in [5, 5.41) is 0.535. The molecule has 6 rings (SSSR count). The zero-order chi connectivity index (χ0) is 27.6. The number of hydrogen-bond donors (Lipinski definition) is 0. The Bertz CT molecular complexity index is 1340. The van der Waals surface area contributed by atoms with Crippen LogP contribution in [0.1, 0.15) is 59.8 Å². The molecular formula is C33H38ClN3O3. The first-order valence-corrected chi connectivity index (χ1v) is 14.8. The minimum absolute atomic E-state index is 0.0537. The van der Waals surface area contributed by atoms with Crippen molar-refractivity contribution in [2.24, 2.45) is 0 Å². The highest BCUT2D eigenvalue weighted by Crippen LogP contribution is 2.33. The van der Waals surface area contributed by atoms with E-state index < -0.39 is 0 Å². The van der Waals surface area contributed by atoms with Gasteiger partial charge in [-0.2, -0.15) is 0 Å². The van der Waals surface area contributed by atoms with Gasteiger partial charge in [0.1, 0.15) is 0 Å². The predicted molar refractivity (Wildman–Crippen MR) is 158 cm³/mol. The minimum atomic E-state index is 0.0537. The molecule has 7 heteroatoms. The first-order valence-electron chi connectivity index (χ1n) is 14.5. The molecule has 3 aromatic rings. The number of ether oxygens (including phenoxy) is 2. The van der Waals surface area contributed by atoms with Crippen molar-refractivity contribution in [3.63, 3.8) is 0 Å². The second-order valence-corrected chi connectivity index (χ2v) is 11.8. The van der Waals surface area contributed by atoms with Gasteiger partial charge < -0.3 is 14.4 Å². The zero-order valence-electron chi connectivity index (χ0n) is 23.4. The van der Waals surface area contributed by atoms with Crippen LogP contribution in [0, 0.1) is 0 Å². The lowest BCUT2D eigenvalue weighted by Crippen LogP contribution is -2.57. The predicted octanol–water partition coefficient (Wildman–Crippen LogP) is 6.03. The molecule has 210 valence electrons. The Kier molecular flexibility index (Phi) is 8.01. The van der Waals surface area contributed by atoms with E-state index >= 15 is 0 Å². The molecule has 0 aromatic heterocycles. The Morgan fingerprint density at radius 1 is 0.925 bits per heavy atom. The summed E-state index contributed by atoms with van der Waals surface area (Å²) in [6.07, 6.45) is 2.91. The van der Waals surface area contributed by atoms with Crippen molar-refractivity contribution in [2.75, 3.05) is 39.5 Å². The van der Waals surface area contributed by atoms with Gasteiger partial charge in [-0.25, -0.2) is 0 Å². The monoisotopic (exact) mass is 559 g/mol. The third kappa shape index (κ3) is 5.71. The van der Waals surface area contributed by atoms with Crippen LogP contribution in [0.5, 0.6) is 11.5 Å². The molecule has 0 N–H and O–H groups in total. The fourth-order valence-electron chi connectivity index (χ4n) is 6.54. The van der Waals surface area contributed by atoms with Crippen LogP contribution >= 0.6 is 11.6 Å². The Morgan fingerprint density at radius 3 is 2.40 bits per heavy atom. The number of amides is 1. The van der Waals surface area contributed by atoms with Crippen LogP contribution in [0.3, 0.4) is 0 Å². The van der Waals surface area contributed by atoms with Crippen LogP contribution in [-0.4, -0.2) is 72.2 Å². The van der Waals surface area contributed by atoms with Crippen LogP contribution in [0.25, 0.3) is 0 Å². The molecule has 1 amide bonds. The maximum absolute atomic E-state index is 13.0. The molecule has 0 bridgehead atoms. The third-order valence-corrected chi connectivity index (χ3v) is 9.22. The molecule has 2 fully saturated rings. The number of nitrogens with zero attached hydrogens (tertiary/aromatic N) is 3. The van der Waals surface area contributed by atoms with Gasteiger partial charge in [0.25, 0.3) is 5.91 Å². The summed E-state index contributed by atoms with van der Waals surface area (Å²) in [7, 11) is 0. The molecule has 3 aromatic carbocycles. The Labute approximate surface area is 242 Å². The summed E-state index contributed by atoms with van der Waals surface area (Å²) in [4.78, 5) is 20.2. The highest BCUT2D eigenvalue weighted by Gasteiger charge is 2.34. The molecule has 3 heterocycles. The third-order valence-electron chi connectivity index (χ3n) is 8.89. The number of carbonyl (C=O) groups is 1. The van der Waals surface area contributed by atoms with E-state index in [1.807, 2.05) is 29.2 Å². The molecule has 0 unspecified atom stereocenters. The number of piperazine rings is 1. The number of fused-ring (bicyclic) bond motifs is 1. The first-order chi connectivity index (χ1) is 19.5. The van der Waals surface area contributed by atoms with E-state index in [0.717, 1.165) is 63.5 Å². The van der Waals surface area contributed by atoms with E-state index in [4.69, 9.17) is 21.1 Å².